The number of amides is 2. The molecule has 2 aromatic rings. The molecule has 0 saturated carbocycles. The highest BCUT2D eigenvalue weighted by Gasteiger charge is 2.47. The maximum Gasteiger partial charge on any atom is 0.238 e. The fraction of sp³-hybridized carbons (Fsp3) is 0.292. The Bertz CT molecular complexity index is 949. The number of carbonyl (C=O) groups excluding carboxylic acids is 3. The predicted octanol–water partition coefficient (Wildman–Crippen LogP) is 4.10. The molecule has 2 aliphatic rings. The van der Waals surface area contributed by atoms with Crippen LogP contribution in [0.4, 0.5) is 5.69 Å². The average Bonchev–Trinajstić information content (AvgIpc) is 2.99. The van der Waals surface area contributed by atoms with Crippen molar-refractivity contribution in [1.82, 2.24) is 0 Å². The Kier molecular flexibility index (Phi) is 5.05. The van der Waals surface area contributed by atoms with E-state index in [0.717, 1.165) is 5.56 Å². The molecule has 1 fully saturated rings. The first kappa shape index (κ1) is 19.1. The SMILES string of the molecule is Cc1ccc(C(=O)[C@@H](C)Oc2ccc(N3C(=O)[C@H]4CC=CC[C@H]4C3=O)cc2)cc1. The van der Waals surface area contributed by atoms with Crippen molar-refractivity contribution in [2.24, 2.45) is 11.8 Å². The Hall–Kier alpha value is -3.21. The molecule has 3 atom stereocenters. The zero-order valence-electron chi connectivity index (χ0n) is 16.5. The Balaban J connectivity index is 1.45. The van der Waals surface area contributed by atoms with E-state index in [4.69, 9.17) is 4.74 Å². The van der Waals surface area contributed by atoms with Crippen LogP contribution in [0, 0.1) is 18.8 Å². The number of imide groups is 1. The Labute approximate surface area is 170 Å². The van der Waals surface area contributed by atoms with Gasteiger partial charge in [-0.15, -0.1) is 0 Å². The number of nitrogens with zero attached hydrogens (tertiary/aromatic N) is 1. The average molecular weight is 389 g/mol. The van der Waals surface area contributed by atoms with Crippen LogP contribution in [0.15, 0.2) is 60.7 Å². The Morgan fingerprint density at radius 3 is 2.03 bits per heavy atom. The van der Waals surface area contributed by atoms with Gasteiger partial charge in [0.2, 0.25) is 17.6 Å². The van der Waals surface area contributed by atoms with Gasteiger partial charge in [-0.3, -0.25) is 19.3 Å². The smallest absolute Gasteiger partial charge is 0.238 e. The number of aryl methyl sites for hydroxylation is 1. The van der Waals surface area contributed by atoms with E-state index >= 15 is 0 Å². The summed E-state index contributed by atoms with van der Waals surface area (Å²) in [5, 5.41) is 0. The van der Waals surface area contributed by atoms with Gasteiger partial charge in [0.05, 0.1) is 17.5 Å². The summed E-state index contributed by atoms with van der Waals surface area (Å²) in [6.07, 6.45) is 4.53. The minimum absolute atomic E-state index is 0.101. The van der Waals surface area contributed by atoms with E-state index in [9.17, 15) is 14.4 Å². The Morgan fingerprint density at radius 1 is 0.931 bits per heavy atom. The summed E-state index contributed by atoms with van der Waals surface area (Å²) in [5.41, 5.74) is 2.23. The molecule has 5 nitrogen and oxygen atoms in total. The number of rotatable bonds is 5. The van der Waals surface area contributed by atoms with Crippen molar-refractivity contribution in [3.63, 3.8) is 0 Å². The molecule has 1 heterocycles. The van der Waals surface area contributed by atoms with Crippen LogP contribution in [-0.4, -0.2) is 23.7 Å². The van der Waals surface area contributed by atoms with E-state index in [0.29, 0.717) is 29.8 Å². The lowest BCUT2D eigenvalue weighted by atomic mass is 9.85. The number of allylic oxidation sites excluding steroid dienone is 2. The van der Waals surface area contributed by atoms with Gasteiger partial charge in [0.15, 0.2) is 6.10 Å². The standard InChI is InChI=1S/C24H23NO4/c1-15-7-9-17(10-8-15)22(26)16(2)29-19-13-11-18(12-14-19)25-23(27)20-5-3-4-6-21(20)24(25)28/h3-4,7-14,16,20-21H,5-6H2,1-2H3/t16-,20-,21+/m1/s1. The van der Waals surface area contributed by atoms with Crippen LogP contribution in [0.3, 0.4) is 0 Å². The van der Waals surface area contributed by atoms with Gasteiger partial charge >= 0.3 is 0 Å². The molecule has 148 valence electrons. The summed E-state index contributed by atoms with van der Waals surface area (Å²) in [6.45, 7) is 3.68. The van der Waals surface area contributed by atoms with E-state index in [1.807, 2.05) is 31.2 Å². The van der Waals surface area contributed by atoms with Gasteiger partial charge in [0.1, 0.15) is 5.75 Å². The number of ketones is 1. The largest absolute Gasteiger partial charge is 0.483 e. The molecule has 0 unspecified atom stereocenters. The van der Waals surface area contributed by atoms with Crippen molar-refractivity contribution in [2.75, 3.05) is 4.90 Å². The number of hydrogen-bond acceptors (Lipinski definition) is 4. The molecule has 4 rings (SSSR count). The second-order valence-electron chi connectivity index (χ2n) is 7.65. The van der Waals surface area contributed by atoms with Crippen molar-refractivity contribution in [2.45, 2.75) is 32.8 Å². The summed E-state index contributed by atoms with van der Waals surface area (Å²) < 4.78 is 5.78. The van der Waals surface area contributed by atoms with E-state index in [1.54, 1.807) is 43.3 Å². The number of carbonyl (C=O) groups is 3. The first-order chi connectivity index (χ1) is 14.0. The number of hydrogen-bond donors (Lipinski definition) is 0. The molecule has 0 spiro atoms. The van der Waals surface area contributed by atoms with Crippen molar-refractivity contribution < 1.29 is 19.1 Å². The first-order valence-corrected chi connectivity index (χ1v) is 9.86. The van der Waals surface area contributed by atoms with Crippen molar-refractivity contribution in [3.05, 3.63) is 71.8 Å². The molecule has 29 heavy (non-hydrogen) atoms. The van der Waals surface area contributed by atoms with E-state index in [1.165, 1.54) is 4.90 Å². The van der Waals surface area contributed by atoms with E-state index < -0.39 is 6.10 Å². The van der Waals surface area contributed by atoms with Gasteiger partial charge in [-0.05, 0) is 51.0 Å². The van der Waals surface area contributed by atoms with Gasteiger partial charge in [0, 0.05) is 5.56 Å². The van der Waals surface area contributed by atoms with E-state index in [2.05, 4.69) is 0 Å². The zero-order chi connectivity index (χ0) is 20.5. The summed E-state index contributed by atoms with van der Waals surface area (Å²) in [5.74, 6) is -0.372. The molecule has 1 aliphatic carbocycles. The summed E-state index contributed by atoms with van der Waals surface area (Å²) in [4.78, 5) is 39.2. The maximum absolute atomic E-state index is 12.7. The van der Waals surface area contributed by atoms with Crippen molar-refractivity contribution in [3.8, 4) is 5.75 Å². The molecular formula is C24H23NO4. The Morgan fingerprint density at radius 2 is 1.48 bits per heavy atom. The molecule has 2 amide bonds. The lowest BCUT2D eigenvalue weighted by molar-refractivity contribution is -0.122. The third-order valence-corrected chi connectivity index (χ3v) is 5.62. The maximum atomic E-state index is 12.7. The highest BCUT2D eigenvalue weighted by atomic mass is 16.5. The quantitative estimate of drug-likeness (QED) is 0.439. The number of benzene rings is 2. The molecule has 0 radical (unpaired) electrons. The van der Waals surface area contributed by atoms with Crippen LogP contribution in [-0.2, 0) is 9.59 Å². The first-order valence-electron chi connectivity index (χ1n) is 9.86. The fourth-order valence-electron chi connectivity index (χ4n) is 3.94. The lowest BCUT2D eigenvalue weighted by Gasteiger charge is -2.17. The minimum atomic E-state index is -0.646. The van der Waals surface area contributed by atoms with Crippen LogP contribution in [0.1, 0.15) is 35.7 Å². The van der Waals surface area contributed by atoms with Gasteiger partial charge < -0.3 is 4.74 Å². The molecule has 1 aliphatic heterocycles. The lowest BCUT2D eigenvalue weighted by Crippen LogP contribution is -2.30. The van der Waals surface area contributed by atoms with Crippen molar-refractivity contribution >= 4 is 23.3 Å². The summed E-state index contributed by atoms with van der Waals surface area (Å²) >= 11 is 0. The van der Waals surface area contributed by atoms with Crippen molar-refractivity contribution in [1.29, 1.82) is 0 Å². The number of ether oxygens (including phenoxy) is 1. The van der Waals surface area contributed by atoms with Gasteiger partial charge in [-0.2, -0.15) is 0 Å². The van der Waals surface area contributed by atoms with Gasteiger partial charge in [-0.1, -0.05) is 42.0 Å². The number of fused-ring (bicyclic) bond motifs is 1. The van der Waals surface area contributed by atoms with Gasteiger partial charge in [-0.25, -0.2) is 0 Å². The monoisotopic (exact) mass is 389 g/mol. The highest BCUT2D eigenvalue weighted by Crippen LogP contribution is 2.38. The minimum Gasteiger partial charge on any atom is -0.483 e. The van der Waals surface area contributed by atoms with E-state index in [-0.39, 0.29) is 29.4 Å². The summed E-state index contributed by atoms with van der Waals surface area (Å²) in [6, 6.07) is 14.1. The normalized spacial score (nSPS) is 21.8. The fourth-order valence-corrected chi connectivity index (χ4v) is 3.94. The number of anilines is 1. The number of Topliss-reactive ketones (excluding diaryl/α,β-unsaturated/α-hetero) is 1. The third kappa shape index (κ3) is 3.60. The molecule has 2 aromatic carbocycles. The molecule has 5 heteroatoms. The summed E-state index contributed by atoms with van der Waals surface area (Å²) in [7, 11) is 0. The highest BCUT2D eigenvalue weighted by molar-refractivity contribution is 6.22. The van der Waals surface area contributed by atoms with Crippen LogP contribution >= 0.6 is 0 Å². The van der Waals surface area contributed by atoms with Gasteiger partial charge in [0.25, 0.3) is 0 Å². The molecule has 0 N–H and O–H groups in total. The van der Waals surface area contributed by atoms with Crippen LogP contribution in [0.25, 0.3) is 0 Å². The molecular weight excluding hydrogens is 366 g/mol. The zero-order valence-corrected chi connectivity index (χ0v) is 16.5. The third-order valence-electron chi connectivity index (χ3n) is 5.62. The second kappa shape index (κ2) is 7.66. The molecule has 0 aromatic heterocycles. The predicted molar refractivity (Wildman–Crippen MR) is 110 cm³/mol. The topological polar surface area (TPSA) is 63.7 Å². The molecule has 0 bridgehead atoms. The molecule has 1 saturated heterocycles. The van der Waals surface area contributed by atoms with Crippen LogP contribution < -0.4 is 9.64 Å². The van der Waals surface area contributed by atoms with Crippen LogP contribution in [0.5, 0.6) is 5.75 Å². The van der Waals surface area contributed by atoms with Crippen LogP contribution in [0.2, 0.25) is 0 Å². The second-order valence-corrected chi connectivity index (χ2v) is 7.65.